The summed E-state index contributed by atoms with van der Waals surface area (Å²) >= 11 is 0. The molecule has 7 rings (SSSR count). The summed E-state index contributed by atoms with van der Waals surface area (Å²) in [6.07, 6.45) is 0. The lowest BCUT2D eigenvalue weighted by Gasteiger charge is -2.34. The lowest BCUT2D eigenvalue weighted by atomic mass is 9.67. The molecule has 0 saturated heterocycles. The SMILES string of the molecule is Nc1ccc(C2(c3ccc(N)cc3)c3ccccc3-c3ccccc32)cc1.O=C1NC(=O)c2cc(O)ccc21. The van der Waals surface area contributed by atoms with E-state index in [9.17, 15) is 9.59 Å². The van der Waals surface area contributed by atoms with Crippen LogP contribution in [0.25, 0.3) is 11.1 Å². The first-order valence-electron chi connectivity index (χ1n) is 12.5. The molecule has 1 heterocycles. The van der Waals surface area contributed by atoms with Crippen molar-refractivity contribution in [3.05, 3.63) is 149 Å². The van der Waals surface area contributed by atoms with Crippen molar-refractivity contribution in [2.45, 2.75) is 5.41 Å². The van der Waals surface area contributed by atoms with Crippen molar-refractivity contribution in [1.82, 2.24) is 5.32 Å². The summed E-state index contributed by atoms with van der Waals surface area (Å²) in [5.41, 5.74) is 21.3. The van der Waals surface area contributed by atoms with Crippen molar-refractivity contribution in [3.8, 4) is 16.9 Å². The summed E-state index contributed by atoms with van der Waals surface area (Å²) in [5, 5.41) is 11.1. The van der Waals surface area contributed by atoms with Gasteiger partial charge in [-0.3, -0.25) is 14.9 Å². The molecule has 0 spiro atoms. The third kappa shape index (κ3) is 3.81. The largest absolute Gasteiger partial charge is 0.508 e. The topological polar surface area (TPSA) is 118 Å². The van der Waals surface area contributed by atoms with E-state index in [4.69, 9.17) is 16.6 Å². The van der Waals surface area contributed by atoms with Gasteiger partial charge in [-0.15, -0.1) is 0 Å². The number of anilines is 2. The Balaban J connectivity index is 0.000000193. The third-order valence-electron chi connectivity index (χ3n) is 7.36. The van der Waals surface area contributed by atoms with Crippen LogP contribution in [0.2, 0.25) is 0 Å². The molecular weight excluding hydrogens is 486 g/mol. The average molecular weight is 512 g/mol. The monoisotopic (exact) mass is 511 g/mol. The number of nitrogen functional groups attached to an aromatic ring is 2. The van der Waals surface area contributed by atoms with E-state index in [1.165, 1.54) is 51.6 Å². The quantitative estimate of drug-likeness (QED) is 0.181. The van der Waals surface area contributed by atoms with Gasteiger partial charge in [0.2, 0.25) is 0 Å². The van der Waals surface area contributed by atoms with Crippen molar-refractivity contribution >= 4 is 23.2 Å². The second-order valence-electron chi connectivity index (χ2n) is 9.60. The number of amides is 2. The Kier molecular flexibility index (Phi) is 5.65. The first-order chi connectivity index (χ1) is 18.9. The van der Waals surface area contributed by atoms with E-state index in [0.717, 1.165) is 11.4 Å². The van der Waals surface area contributed by atoms with Crippen molar-refractivity contribution in [3.63, 3.8) is 0 Å². The Labute approximate surface area is 225 Å². The number of phenols is 1. The number of rotatable bonds is 2. The number of nitrogens with one attached hydrogen (secondary N) is 1. The highest BCUT2D eigenvalue weighted by molar-refractivity contribution is 6.21. The molecule has 6 nitrogen and oxygen atoms in total. The average Bonchev–Trinajstić information content (AvgIpc) is 3.41. The lowest BCUT2D eigenvalue weighted by Crippen LogP contribution is -2.28. The van der Waals surface area contributed by atoms with Gasteiger partial charge in [0, 0.05) is 11.4 Å². The Morgan fingerprint density at radius 1 is 0.538 bits per heavy atom. The number of hydrogen-bond acceptors (Lipinski definition) is 5. The summed E-state index contributed by atoms with van der Waals surface area (Å²) in [5.74, 6) is -0.875. The molecule has 2 aliphatic rings. The molecule has 6 N–H and O–H groups in total. The fraction of sp³-hybridized carbons (Fsp3) is 0.0303. The molecule has 1 aliphatic heterocycles. The van der Waals surface area contributed by atoms with E-state index in [-0.39, 0.29) is 16.7 Å². The maximum absolute atomic E-state index is 11.0. The van der Waals surface area contributed by atoms with E-state index in [1.807, 2.05) is 24.3 Å². The highest BCUT2D eigenvalue weighted by atomic mass is 16.3. The highest BCUT2D eigenvalue weighted by Gasteiger charge is 2.45. The first kappa shape index (κ1) is 24.0. The lowest BCUT2D eigenvalue weighted by molar-refractivity contribution is 0.0879. The second-order valence-corrected chi connectivity index (χ2v) is 9.60. The van der Waals surface area contributed by atoms with Crippen molar-refractivity contribution < 1.29 is 14.7 Å². The molecule has 0 fully saturated rings. The van der Waals surface area contributed by atoms with Crippen molar-refractivity contribution in [2.75, 3.05) is 11.5 Å². The van der Waals surface area contributed by atoms with Crippen LogP contribution < -0.4 is 16.8 Å². The van der Waals surface area contributed by atoms with Crippen LogP contribution in [0.4, 0.5) is 11.4 Å². The fourth-order valence-corrected chi connectivity index (χ4v) is 5.65. The van der Waals surface area contributed by atoms with Crippen LogP contribution in [-0.4, -0.2) is 16.9 Å². The van der Waals surface area contributed by atoms with Gasteiger partial charge in [0.05, 0.1) is 16.5 Å². The molecule has 0 aromatic heterocycles. The normalized spacial score (nSPS) is 13.9. The Bertz CT molecular complexity index is 1650. The van der Waals surface area contributed by atoms with Gasteiger partial charge in [-0.1, -0.05) is 72.8 Å². The van der Waals surface area contributed by atoms with Gasteiger partial charge < -0.3 is 16.6 Å². The number of carbonyl (C=O) groups excluding carboxylic acids is 2. The minimum absolute atomic E-state index is 0.0152. The summed E-state index contributed by atoms with van der Waals surface area (Å²) in [7, 11) is 0. The number of imide groups is 1. The van der Waals surface area contributed by atoms with Crippen LogP contribution in [0, 0.1) is 0 Å². The maximum Gasteiger partial charge on any atom is 0.259 e. The predicted octanol–water partition coefficient (Wildman–Crippen LogP) is 5.49. The number of carbonyl (C=O) groups is 2. The number of phenolic OH excluding ortho intramolecular Hbond substituents is 1. The van der Waals surface area contributed by atoms with E-state index in [2.05, 4.69) is 78.1 Å². The number of fused-ring (bicyclic) bond motifs is 4. The van der Waals surface area contributed by atoms with Gasteiger partial charge in [0.1, 0.15) is 5.75 Å². The van der Waals surface area contributed by atoms with E-state index >= 15 is 0 Å². The minimum Gasteiger partial charge on any atom is -0.508 e. The molecule has 1 aliphatic carbocycles. The minimum atomic E-state index is -0.453. The first-order valence-corrected chi connectivity index (χ1v) is 12.5. The summed E-state index contributed by atoms with van der Waals surface area (Å²) in [6, 6.07) is 37.9. The predicted molar refractivity (Wildman–Crippen MR) is 152 cm³/mol. The van der Waals surface area contributed by atoms with Crippen molar-refractivity contribution in [1.29, 1.82) is 0 Å². The van der Waals surface area contributed by atoms with Crippen LogP contribution in [0.5, 0.6) is 5.75 Å². The summed E-state index contributed by atoms with van der Waals surface area (Å²) in [4.78, 5) is 22.0. The second kappa shape index (κ2) is 9.19. The molecule has 5 aromatic rings. The zero-order chi connectivity index (χ0) is 27.1. The van der Waals surface area contributed by atoms with Gasteiger partial charge in [-0.2, -0.15) is 0 Å². The molecule has 2 amide bonds. The van der Waals surface area contributed by atoms with Crippen LogP contribution in [0.1, 0.15) is 43.0 Å². The third-order valence-corrected chi connectivity index (χ3v) is 7.36. The standard InChI is InChI=1S/C25H20N2.C8H5NO3/c26-19-13-9-17(10-14-19)25(18-11-15-20(27)16-12-18)23-7-3-1-5-21(23)22-6-2-4-8-24(22)25;10-4-1-2-5-6(3-4)8(12)9-7(5)11/h1-16H,26-27H2;1-3,10H,(H,9,11,12). The van der Waals surface area contributed by atoms with Crippen LogP contribution in [0.3, 0.4) is 0 Å². The summed E-state index contributed by atoms with van der Waals surface area (Å²) < 4.78 is 0. The molecule has 0 saturated carbocycles. The van der Waals surface area contributed by atoms with Crippen molar-refractivity contribution in [2.24, 2.45) is 0 Å². The Morgan fingerprint density at radius 3 is 1.51 bits per heavy atom. The molecule has 0 unspecified atom stereocenters. The smallest absolute Gasteiger partial charge is 0.259 e. The maximum atomic E-state index is 11.0. The molecular formula is C33H25N3O3. The molecule has 0 atom stereocenters. The van der Waals surface area contributed by atoms with Gasteiger partial charge >= 0.3 is 0 Å². The number of benzene rings is 5. The number of aromatic hydroxyl groups is 1. The van der Waals surface area contributed by atoms with Gasteiger partial charge in [0.15, 0.2) is 0 Å². The van der Waals surface area contributed by atoms with E-state index in [1.54, 1.807) is 0 Å². The van der Waals surface area contributed by atoms with E-state index < -0.39 is 11.8 Å². The molecule has 39 heavy (non-hydrogen) atoms. The highest BCUT2D eigenvalue weighted by Crippen LogP contribution is 2.55. The van der Waals surface area contributed by atoms with Crippen LogP contribution in [-0.2, 0) is 5.41 Å². The fourth-order valence-electron chi connectivity index (χ4n) is 5.65. The molecule has 5 aromatic carbocycles. The van der Waals surface area contributed by atoms with E-state index in [0.29, 0.717) is 5.56 Å². The zero-order valence-corrected chi connectivity index (χ0v) is 20.9. The summed E-state index contributed by atoms with van der Waals surface area (Å²) in [6.45, 7) is 0. The Morgan fingerprint density at radius 2 is 1.00 bits per heavy atom. The molecule has 190 valence electrons. The van der Waals surface area contributed by atoms with Gasteiger partial charge in [-0.05, 0) is 75.8 Å². The molecule has 0 bridgehead atoms. The Hall–Kier alpha value is -5.36. The number of nitrogens with two attached hydrogens (primary N) is 2. The molecule has 0 radical (unpaired) electrons. The van der Waals surface area contributed by atoms with Crippen LogP contribution >= 0.6 is 0 Å². The van der Waals surface area contributed by atoms with Crippen LogP contribution in [0.15, 0.2) is 115 Å². The van der Waals surface area contributed by atoms with Gasteiger partial charge in [0.25, 0.3) is 11.8 Å². The van der Waals surface area contributed by atoms with Gasteiger partial charge in [-0.25, -0.2) is 0 Å². The molecule has 6 heteroatoms. The zero-order valence-electron chi connectivity index (χ0n) is 20.9. The number of hydrogen-bond donors (Lipinski definition) is 4.